The quantitative estimate of drug-likeness (QED) is 0.739. The van der Waals surface area contributed by atoms with Gasteiger partial charge in [0.05, 0.1) is 5.75 Å². The summed E-state index contributed by atoms with van der Waals surface area (Å²) in [5.74, 6) is -1.16. The summed E-state index contributed by atoms with van der Waals surface area (Å²) < 4.78 is 23.4. The number of hydrogen-bond acceptors (Lipinski definition) is 4. The predicted molar refractivity (Wildman–Crippen MR) is 86.7 cm³/mol. The van der Waals surface area contributed by atoms with Crippen molar-refractivity contribution in [3.63, 3.8) is 0 Å². The van der Waals surface area contributed by atoms with Crippen molar-refractivity contribution in [3.05, 3.63) is 0 Å². The molecule has 5 nitrogen and oxygen atoms in total. The summed E-state index contributed by atoms with van der Waals surface area (Å²) in [5, 5.41) is 8.63. The van der Waals surface area contributed by atoms with Crippen LogP contribution in [0, 0.1) is 5.92 Å². The monoisotopic (exact) mass is 331 g/mol. The number of likely N-dealkylation sites (tertiary alicyclic amines) is 1. The largest absolute Gasteiger partial charge is 0.480 e. The standard InChI is InChI=1S/C16H29NO4S/c18-16(19)13-22(20,21)12-11-17-10-4-7-15(17)9-8-14-5-2-1-3-6-14/h14-15H,1-13H2,(H,18,19). The number of carboxylic acids is 1. The fourth-order valence-electron chi connectivity index (χ4n) is 3.94. The molecule has 0 aromatic heterocycles. The van der Waals surface area contributed by atoms with Crippen LogP contribution in [0.5, 0.6) is 0 Å². The van der Waals surface area contributed by atoms with E-state index in [1.54, 1.807) is 0 Å². The molecule has 1 heterocycles. The van der Waals surface area contributed by atoms with Crippen molar-refractivity contribution in [3.8, 4) is 0 Å². The minimum Gasteiger partial charge on any atom is -0.480 e. The highest BCUT2D eigenvalue weighted by Crippen LogP contribution is 2.30. The Labute approximate surface area is 134 Å². The minimum absolute atomic E-state index is 0.0285. The highest BCUT2D eigenvalue weighted by Gasteiger charge is 2.27. The van der Waals surface area contributed by atoms with E-state index < -0.39 is 21.6 Å². The van der Waals surface area contributed by atoms with E-state index in [0.717, 1.165) is 25.3 Å². The number of carboxylic acid groups (broad SMARTS) is 1. The maximum atomic E-state index is 11.7. The van der Waals surface area contributed by atoms with Crippen LogP contribution in [-0.2, 0) is 14.6 Å². The average molecular weight is 331 g/mol. The first-order valence-corrected chi connectivity index (χ1v) is 10.4. The molecule has 1 atom stereocenters. The van der Waals surface area contributed by atoms with Gasteiger partial charge in [0.2, 0.25) is 0 Å². The van der Waals surface area contributed by atoms with Crippen LogP contribution in [0.25, 0.3) is 0 Å². The molecule has 1 saturated carbocycles. The SMILES string of the molecule is O=C(O)CS(=O)(=O)CCN1CCCC1CCC1CCCCC1. The number of carbonyl (C=O) groups is 1. The zero-order chi connectivity index (χ0) is 16.0. The molecule has 0 aromatic rings. The molecule has 0 spiro atoms. The van der Waals surface area contributed by atoms with Crippen LogP contribution in [0.2, 0.25) is 0 Å². The molecule has 0 amide bonds. The number of hydrogen-bond donors (Lipinski definition) is 1. The van der Waals surface area contributed by atoms with Crippen molar-refractivity contribution >= 4 is 15.8 Å². The third-order valence-electron chi connectivity index (χ3n) is 5.16. The molecule has 0 radical (unpaired) electrons. The molecule has 0 bridgehead atoms. The molecule has 1 aliphatic carbocycles. The van der Waals surface area contributed by atoms with Crippen LogP contribution in [0.15, 0.2) is 0 Å². The molecule has 2 aliphatic rings. The van der Waals surface area contributed by atoms with Gasteiger partial charge in [-0.15, -0.1) is 0 Å². The molecule has 22 heavy (non-hydrogen) atoms. The first-order valence-electron chi connectivity index (χ1n) is 8.62. The molecule has 1 saturated heterocycles. The van der Waals surface area contributed by atoms with E-state index >= 15 is 0 Å². The van der Waals surface area contributed by atoms with Crippen molar-refractivity contribution < 1.29 is 18.3 Å². The van der Waals surface area contributed by atoms with Gasteiger partial charge in [0, 0.05) is 12.6 Å². The van der Waals surface area contributed by atoms with Crippen molar-refractivity contribution in [2.75, 3.05) is 24.6 Å². The molecule has 0 aromatic carbocycles. The summed E-state index contributed by atoms with van der Waals surface area (Å²) in [4.78, 5) is 12.8. The number of nitrogens with zero attached hydrogens (tertiary/aromatic N) is 1. The molecule has 1 N–H and O–H groups in total. The number of rotatable bonds is 8. The molecular weight excluding hydrogens is 302 g/mol. The van der Waals surface area contributed by atoms with E-state index in [0.29, 0.717) is 12.6 Å². The van der Waals surface area contributed by atoms with Gasteiger partial charge in [-0.25, -0.2) is 8.42 Å². The predicted octanol–water partition coefficient (Wildman–Crippen LogP) is 2.31. The molecule has 128 valence electrons. The van der Waals surface area contributed by atoms with Crippen LogP contribution in [0.4, 0.5) is 0 Å². The van der Waals surface area contributed by atoms with Crippen molar-refractivity contribution in [2.24, 2.45) is 5.92 Å². The Morgan fingerprint density at radius 2 is 1.77 bits per heavy atom. The van der Waals surface area contributed by atoms with Crippen LogP contribution < -0.4 is 0 Å². The number of aliphatic carboxylic acids is 1. The topological polar surface area (TPSA) is 74.7 Å². The van der Waals surface area contributed by atoms with Gasteiger partial charge in [-0.05, 0) is 38.1 Å². The van der Waals surface area contributed by atoms with Crippen LogP contribution in [-0.4, -0.2) is 55.0 Å². The van der Waals surface area contributed by atoms with Gasteiger partial charge in [-0.3, -0.25) is 9.69 Å². The van der Waals surface area contributed by atoms with E-state index in [-0.39, 0.29) is 5.75 Å². The van der Waals surface area contributed by atoms with E-state index in [4.69, 9.17) is 5.11 Å². The zero-order valence-electron chi connectivity index (χ0n) is 13.4. The van der Waals surface area contributed by atoms with Gasteiger partial charge in [-0.1, -0.05) is 32.1 Å². The third kappa shape index (κ3) is 5.88. The lowest BCUT2D eigenvalue weighted by atomic mass is 9.85. The summed E-state index contributed by atoms with van der Waals surface area (Å²) in [6.45, 7) is 1.45. The minimum atomic E-state index is -3.47. The molecular formula is C16H29NO4S. The van der Waals surface area contributed by atoms with Crippen molar-refractivity contribution in [1.82, 2.24) is 4.90 Å². The van der Waals surface area contributed by atoms with Crippen LogP contribution in [0.3, 0.4) is 0 Å². The average Bonchev–Trinajstić information content (AvgIpc) is 2.90. The van der Waals surface area contributed by atoms with E-state index in [9.17, 15) is 13.2 Å². The normalized spacial score (nSPS) is 24.6. The van der Waals surface area contributed by atoms with E-state index in [2.05, 4.69) is 4.90 Å². The Balaban J connectivity index is 1.74. The smallest absolute Gasteiger partial charge is 0.318 e. The Kier molecular flexibility index (Phi) is 6.68. The Morgan fingerprint density at radius 1 is 1.05 bits per heavy atom. The summed E-state index contributed by atoms with van der Waals surface area (Å²) in [5.41, 5.74) is 0. The Bertz CT molecular complexity index is 457. The van der Waals surface area contributed by atoms with Gasteiger partial charge in [0.1, 0.15) is 5.75 Å². The zero-order valence-corrected chi connectivity index (χ0v) is 14.2. The Hall–Kier alpha value is -0.620. The summed E-state index contributed by atoms with van der Waals surface area (Å²) >= 11 is 0. The molecule has 6 heteroatoms. The number of sulfone groups is 1. The highest BCUT2D eigenvalue weighted by molar-refractivity contribution is 7.92. The first kappa shape index (κ1) is 17.7. The second-order valence-electron chi connectivity index (χ2n) is 6.90. The lowest BCUT2D eigenvalue weighted by Crippen LogP contribution is -2.35. The van der Waals surface area contributed by atoms with Crippen molar-refractivity contribution in [1.29, 1.82) is 0 Å². The molecule has 2 fully saturated rings. The lowest BCUT2D eigenvalue weighted by molar-refractivity contribution is -0.134. The second-order valence-corrected chi connectivity index (χ2v) is 9.08. The van der Waals surface area contributed by atoms with Gasteiger partial charge in [-0.2, -0.15) is 0 Å². The maximum absolute atomic E-state index is 11.7. The van der Waals surface area contributed by atoms with Gasteiger partial charge < -0.3 is 5.11 Å². The maximum Gasteiger partial charge on any atom is 0.318 e. The van der Waals surface area contributed by atoms with Gasteiger partial charge >= 0.3 is 5.97 Å². The molecule has 1 unspecified atom stereocenters. The van der Waals surface area contributed by atoms with E-state index in [1.807, 2.05) is 0 Å². The molecule has 2 rings (SSSR count). The van der Waals surface area contributed by atoms with Gasteiger partial charge in [0.25, 0.3) is 0 Å². The fourth-order valence-corrected chi connectivity index (χ4v) is 4.97. The third-order valence-corrected chi connectivity index (χ3v) is 6.66. The Morgan fingerprint density at radius 3 is 2.45 bits per heavy atom. The molecule has 1 aliphatic heterocycles. The highest BCUT2D eigenvalue weighted by atomic mass is 32.2. The van der Waals surface area contributed by atoms with E-state index in [1.165, 1.54) is 44.9 Å². The fraction of sp³-hybridized carbons (Fsp3) is 0.938. The summed E-state index contributed by atoms with van der Waals surface area (Å²) in [6.07, 6.45) is 11.6. The summed E-state index contributed by atoms with van der Waals surface area (Å²) in [6, 6.07) is 0.502. The second kappa shape index (κ2) is 8.29. The lowest BCUT2D eigenvalue weighted by Gasteiger charge is -2.27. The summed E-state index contributed by atoms with van der Waals surface area (Å²) in [7, 11) is -3.47. The van der Waals surface area contributed by atoms with Crippen molar-refractivity contribution in [2.45, 2.75) is 63.8 Å². The van der Waals surface area contributed by atoms with Crippen LogP contribution in [0.1, 0.15) is 57.8 Å². The first-order chi connectivity index (χ1) is 10.5. The van der Waals surface area contributed by atoms with Gasteiger partial charge in [0.15, 0.2) is 9.84 Å². The van der Waals surface area contributed by atoms with Crippen LogP contribution >= 0.6 is 0 Å².